The highest BCUT2D eigenvalue weighted by Crippen LogP contribution is 2.27. The molecule has 1 aliphatic heterocycles. The van der Waals surface area contributed by atoms with Gasteiger partial charge in [-0.05, 0) is 36.6 Å². The number of benzene rings is 1. The molecule has 6 nitrogen and oxygen atoms in total. The topological polar surface area (TPSA) is 60.2 Å². The Hall–Kier alpha value is -2.67. The van der Waals surface area contributed by atoms with E-state index in [1.54, 1.807) is 10.9 Å². The molecule has 4 rings (SSSR count). The van der Waals surface area contributed by atoms with Gasteiger partial charge in [0.1, 0.15) is 16.5 Å². The molecule has 7 heteroatoms. The zero-order valence-corrected chi connectivity index (χ0v) is 15.6. The Morgan fingerprint density at radius 1 is 1.35 bits per heavy atom. The van der Waals surface area contributed by atoms with E-state index in [0.717, 1.165) is 28.3 Å². The monoisotopic (exact) mass is 368 g/mol. The molecule has 0 spiro atoms. The standard InChI is InChI=1S/C19H20N4O2S/c1-3-25-16-5-4-13-6-7-23(11-14(13)8-16)19(24)17-12-26-18(21-17)15-9-20-22(2)10-15/h4-5,8-10,12H,3,6-7,11H2,1-2H3. The molecular weight excluding hydrogens is 348 g/mol. The third kappa shape index (κ3) is 3.22. The third-order valence-electron chi connectivity index (χ3n) is 4.46. The van der Waals surface area contributed by atoms with Crippen molar-refractivity contribution in [2.45, 2.75) is 19.9 Å². The maximum absolute atomic E-state index is 12.9. The molecule has 0 saturated carbocycles. The molecule has 0 aliphatic carbocycles. The Balaban J connectivity index is 1.52. The quantitative estimate of drug-likeness (QED) is 0.710. The first kappa shape index (κ1) is 16.8. The van der Waals surface area contributed by atoms with Crippen LogP contribution in [0.4, 0.5) is 0 Å². The van der Waals surface area contributed by atoms with E-state index in [4.69, 9.17) is 4.74 Å². The van der Waals surface area contributed by atoms with E-state index in [2.05, 4.69) is 16.1 Å². The summed E-state index contributed by atoms with van der Waals surface area (Å²) in [5, 5.41) is 6.81. The number of hydrogen-bond acceptors (Lipinski definition) is 5. The second-order valence-corrected chi connectivity index (χ2v) is 7.14. The number of fused-ring (bicyclic) bond motifs is 1. The van der Waals surface area contributed by atoms with Gasteiger partial charge in [-0.1, -0.05) is 6.07 Å². The Bertz CT molecular complexity index is 947. The van der Waals surface area contributed by atoms with Gasteiger partial charge in [0, 0.05) is 37.3 Å². The van der Waals surface area contributed by atoms with E-state index in [1.165, 1.54) is 16.9 Å². The van der Waals surface area contributed by atoms with Gasteiger partial charge in [-0.3, -0.25) is 9.48 Å². The number of aryl methyl sites for hydroxylation is 1. The van der Waals surface area contributed by atoms with Crippen molar-refractivity contribution >= 4 is 17.2 Å². The fourth-order valence-corrected chi connectivity index (χ4v) is 3.93. The van der Waals surface area contributed by atoms with Gasteiger partial charge in [-0.25, -0.2) is 4.98 Å². The number of ether oxygens (including phenoxy) is 1. The van der Waals surface area contributed by atoms with Crippen molar-refractivity contribution in [3.05, 3.63) is 52.8 Å². The number of carbonyl (C=O) groups excluding carboxylic acids is 1. The molecule has 0 N–H and O–H groups in total. The minimum atomic E-state index is -0.0242. The Kier molecular flexibility index (Phi) is 4.46. The molecule has 0 fully saturated rings. The predicted octanol–water partition coefficient (Wildman–Crippen LogP) is 3.14. The van der Waals surface area contributed by atoms with Crippen molar-refractivity contribution in [3.8, 4) is 16.3 Å². The Morgan fingerprint density at radius 2 is 2.23 bits per heavy atom. The van der Waals surface area contributed by atoms with Crippen LogP contribution in [0.25, 0.3) is 10.6 Å². The average Bonchev–Trinajstić information content (AvgIpc) is 3.30. The number of carbonyl (C=O) groups is 1. The van der Waals surface area contributed by atoms with Crippen molar-refractivity contribution < 1.29 is 9.53 Å². The van der Waals surface area contributed by atoms with Crippen LogP contribution in [0, 0.1) is 0 Å². The zero-order chi connectivity index (χ0) is 18.1. The molecule has 1 aromatic carbocycles. The third-order valence-corrected chi connectivity index (χ3v) is 5.35. The van der Waals surface area contributed by atoms with Gasteiger partial charge in [-0.2, -0.15) is 5.10 Å². The van der Waals surface area contributed by atoms with Gasteiger partial charge in [0.15, 0.2) is 0 Å². The molecule has 0 unspecified atom stereocenters. The van der Waals surface area contributed by atoms with E-state index >= 15 is 0 Å². The number of rotatable bonds is 4. The molecule has 0 radical (unpaired) electrons. The molecule has 1 amide bonds. The van der Waals surface area contributed by atoms with E-state index in [0.29, 0.717) is 25.4 Å². The summed E-state index contributed by atoms with van der Waals surface area (Å²) in [5.74, 6) is 0.830. The van der Waals surface area contributed by atoms with Gasteiger partial charge in [-0.15, -0.1) is 11.3 Å². The number of hydrogen-bond donors (Lipinski definition) is 0. The summed E-state index contributed by atoms with van der Waals surface area (Å²) in [5.41, 5.74) is 3.87. The smallest absolute Gasteiger partial charge is 0.273 e. The lowest BCUT2D eigenvalue weighted by atomic mass is 9.99. The highest BCUT2D eigenvalue weighted by molar-refractivity contribution is 7.13. The molecule has 26 heavy (non-hydrogen) atoms. The first-order chi connectivity index (χ1) is 12.6. The van der Waals surface area contributed by atoms with Crippen LogP contribution in [0.2, 0.25) is 0 Å². The van der Waals surface area contributed by atoms with Crippen molar-refractivity contribution in [1.29, 1.82) is 0 Å². The van der Waals surface area contributed by atoms with Crippen LogP contribution in [0.5, 0.6) is 5.75 Å². The van der Waals surface area contributed by atoms with Crippen LogP contribution in [0.1, 0.15) is 28.5 Å². The Labute approximate surface area is 156 Å². The molecule has 3 aromatic rings. The van der Waals surface area contributed by atoms with Crippen LogP contribution in [-0.2, 0) is 20.0 Å². The van der Waals surface area contributed by atoms with Crippen LogP contribution in [-0.4, -0.2) is 38.7 Å². The second kappa shape index (κ2) is 6.92. The minimum absolute atomic E-state index is 0.0242. The maximum Gasteiger partial charge on any atom is 0.273 e. The van der Waals surface area contributed by atoms with Gasteiger partial charge in [0.05, 0.1) is 12.8 Å². The molecule has 3 heterocycles. The van der Waals surface area contributed by atoms with E-state index in [1.807, 2.05) is 42.6 Å². The van der Waals surface area contributed by atoms with Crippen LogP contribution < -0.4 is 4.74 Å². The lowest BCUT2D eigenvalue weighted by Gasteiger charge is -2.28. The number of amides is 1. The number of nitrogens with zero attached hydrogens (tertiary/aromatic N) is 4. The zero-order valence-electron chi connectivity index (χ0n) is 14.8. The SMILES string of the molecule is CCOc1ccc2c(c1)CN(C(=O)c1csc(-c3cnn(C)c3)n1)CC2. The predicted molar refractivity (Wildman–Crippen MR) is 100 cm³/mol. The summed E-state index contributed by atoms with van der Waals surface area (Å²) in [4.78, 5) is 19.3. The molecule has 1 aliphatic rings. The first-order valence-corrected chi connectivity index (χ1v) is 9.50. The number of aromatic nitrogens is 3. The second-order valence-electron chi connectivity index (χ2n) is 6.28. The highest BCUT2D eigenvalue weighted by Gasteiger charge is 2.24. The summed E-state index contributed by atoms with van der Waals surface area (Å²) < 4.78 is 7.32. The Morgan fingerprint density at radius 3 is 3.00 bits per heavy atom. The normalized spacial score (nSPS) is 13.5. The summed E-state index contributed by atoms with van der Waals surface area (Å²) in [6.45, 7) is 3.91. The van der Waals surface area contributed by atoms with Crippen LogP contribution >= 0.6 is 11.3 Å². The number of thiazole rings is 1. The van der Waals surface area contributed by atoms with Gasteiger partial charge < -0.3 is 9.64 Å². The average molecular weight is 368 g/mol. The highest BCUT2D eigenvalue weighted by atomic mass is 32.1. The molecule has 0 atom stereocenters. The minimum Gasteiger partial charge on any atom is -0.494 e. The molecule has 0 bridgehead atoms. The van der Waals surface area contributed by atoms with Gasteiger partial charge >= 0.3 is 0 Å². The van der Waals surface area contributed by atoms with E-state index in [9.17, 15) is 4.79 Å². The lowest BCUT2D eigenvalue weighted by molar-refractivity contribution is 0.0729. The van der Waals surface area contributed by atoms with Gasteiger partial charge in [0.25, 0.3) is 5.91 Å². The molecule has 134 valence electrons. The maximum atomic E-state index is 12.9. The summed E-state index contributed by atoms with van der Waals surface area (Å²) >= 11 is 1.47. The first-order valence-electron chi connectivity index (χ1n) is 8.62. The molecule has 0 saturated heterocycles. The summed E-state index contributed by atoms with van der Waals surface area (Å²) in [6.07, 6.45) is 4.52. The van der Waals surface area contributed by atoms with Crippen molar-refractivity contribution in [2.75, 3.05) is 13.2 Å². The van der Waals surface area contributed by atoms with E-state index in [-0.39, 0.29) is 5.91 Å². The summed E-state index contributed by atoms with van der Waals surface area (Å²) in [7, 11) is 1.87. The van der Waals surface area contributed by atoms with Crippen molar-refractivity contribution in [2.24, 2.45) is 7.05 Å². The largest absolute Gasteiger partial charge is 0.494 e. The van der Waals surface area contributed by atoms with Crippen LogP contribution in [0.15, 0.2) is 36.0 Å². The van der Waals surface area contributed by atoms with Crippen molar-refractivity contribution in [1.82, 2.24) is 19.7 Å². The molecular formula is C19H20N4O2S. The van der Waals surface area contributed by atoms with Gasteiger partial charge in [0.2, 0.25) is 0 Å². The fraction of sp³-hybridized carbons (Fsp3) is 0.316. The summed E-state index contributed by atoms with van der Waals surface area (Å²) in [6, 6.07) is 6.15. The van der Waals surface area contributed by atoms with Crippen molar-refractivity contribution in [3.63, 3.8) is 0 Å². The van der Waals surface area contributed by atoms with E-state index < -0.39 is 0 Å². The molecule has 2 aromatic heterocycles. The van der Waals surface area contributed by atoms with Crippen LogP contribution in [0.3, 0.4) is 0 Å². The lowest BCUT2D eigenvalue weighted by Crippen LogP contribution is -2.36. The fourth-order valence-electron chi connectivity index (χ4n) is 3.16.